The van der Waals surface area contributed by atoms with E-state index in [1.54, 1.807) is 11.3 Å². The number of aryl methyl sites for hydroxylation is 3. The second kappa shape index (κ2) is 5.19. The highest BCUT2D eigenvalue weighted by Gasteiger charge is 2.05. The highest BCUT2D eigenvalue weighted by molar-refractivity contribution is 7.11. The summed E-state index contributed by atoms with van der Waals surface area (Å²) >= 11 is 1.71. The fourth-order valence-electron chi connectivity index (χ4n) is 1.79. The first-order valence-electron chi connectivity index (χ1n) is 5.77. The number of thiazole rings is 1. The zero-order chi connectivity index (χ0) is 13.1. The molecule has 1 heterocycles. The molecule has 0 aliphatic carbocycles. The van der Waals surface area contributed by atoms with Crippen LogP contribution in [0.5, 0.6) is 0 Å². The summed E-state index contributed by atoms with van der Waals surface area (Å²) in [5.41, 5.74) is 3.92. The van der Waals surface area contributed by atoms with Crippen LogP contribution in [-0.2, 0) is 6.54 Å². The maximum absolute atomic E-state index is 8.90. The molecule has 2 aromatic rings. The maximum Gasteiger partial charge on any atom is 0.0992 e. The van der Waals surface area contributed by atoms with E-state index in [9.17, 15) is 0 Å². The van der Waals surface area contributed by atoms with Crippen molar-refractivity contribution in [3.63, 3.8) is 0 Å². The molecule has 0 atom stereocenters. The van der Waals surface area contributed by atoms with Crippen LogP contribution < -0.4 is 5.32 Å². The van der Waals surface area contributed by atoms with E-state index in [0.717, 1.165) is 28.5 Å². The first-order valence-corrected chi connectivity index (χ1v) is 6.59. The van der Waals surface area contributed by atoms with Gasteiger partial charge in [-0.2, -0.15) is 5.26 Å². The lowest BCUT2D eigenvalue weighted by Crippen LogP contribution is -2.01. The average Bonchev–Trinajstić information content (AvgIpc) is 2.67. The van der Waals surface area contributed by atoms with Crippen LogP contribution in [0.4, 0.5) is 5.69 Å². The van der Waals surface area contributed by atoms with Gasteiger partial charge in [0.1, 0.15) is 0 Å². The van der Waals surface area contributed by atoms with Crippen molar-refractivity contribution >= 4 is 17.0 Å². The number of hydrogen-bond acceptors (Lipinski definition) is 4. The highest BCUT2D eigenvalue weighted by atomic mass is 32.1. The van der Waals surface area contributed by atoms with Gasteiger partial charge in [0.15, 0.2) is 0 Å². The van der Waals surface area contributed by atoms with E-state index in [2.05, 4.69) is 16.4 Å². The normalized spacial score (nSPS) is 10.1. The van der Waals surface area contributed by atoms with Gasteiger partial charge in [-0.15, -0.1) is 11.3 Å². The Labute approximate surface area is 111 Å². The summed E-state index contributed by atoms with van der Waals surface area (Å²) < 4.78 is 0. The smallest absolute Gasteiger partial charge is 0.0992 e. The molecule has 0 amide bonds. The summed E-state index contributed by atoms with van der Waals surface area (Å²) in [6.07, 6.45) is 0. The Kier molecular flexibility index (Phi) is 3.63. The van der Waals surface area contributed by atoms with E-state index in [4.69, 9.17) is 5.26 Å². The maximum atomic E-state index is 8.90. The van der Waals surface area contributed by atoms with Crippen LogP contribution in [-0.4, -0.2) is 4.98 Å². The summed E-state index contributed by atoms with van der Waals surface area (Å²) in [5.74, 6) is 0. The predicted molar refractivity (Wildman–Crippen MR) is 74.8 cm³/mol. The lowest BCUT2D eigenvalue weighted by molar-refractivity contribution is 1.10. The number of nitrogens with zero attached hydrogens (tertiary/aromatic N) is 2. The molecule has 0 saturated carbocycles. The SMILES string of the molecule is Cc1nc(C)c(CNc2cc(C#N)ccc2C)s1. The van der Waals surface area contributed by atoms with Gasteiger partial charge in [0, 0.05) is 10.6 Å². The molecular formula is C14H15N3S. The third kappa shape index (κ3) is 2.69. The van der Waals surface area contributed by atoms with Crippen molar-refractivity contribution in [2.45, 2.75) is 27.3 Å². The minimum Gasteiger partial charge on any atom is -0.380 e. The largest absolute Gasteiger partial charge is 0.380 e. The number of nitriles is 1. The second-order valence-electron chi connectivity index (χ2n) is 4.24. The quantitative estimate of drug-likeness (QED) is 0.914. The van der Waals surface area contributed by atoms with Crippen molar-refractivity contribution in [2.75, 3.05) is 5.32 Å². The topological polar surface area (TPSA) is 48.7 Å². The molecule has 0 aliphatic rings. The molecular weight excluding hydrogens is 242 g/mol. The molecule has 1 N–H and O–H groups in total. The third-order valence-corrected chi connectivity index (χ3v) is 3.88. The number of aromatic nitrogens is 1. The molecule has 18 heavy (non-hydrogen) atoms. The Balaban J connectivity index is 2.15. The minimum absolute atomic E-state index is 0.681. The summed E-state index contributed by atoms with van der Waals surface area (Å²) in [6, 6.07) is 7.85. The number of anilines is 1. The van der Waals surface area contributed by atoms with Crippen molar-refractivity contribution in [3.05, 3.63) is 44.9 Å². The molecule has 1 aromatic carbocycles. The highest BCUT2D eigenvalue weighted by Crippen LogP contribution is 2.21. The Morgan fingerprint density at radius 1 is 1.33 bits per heavy atom. The van der Waals surface area contributed by atoms with Gasteiger partial charge in [-0.3, -0.25) is 0 Å². The zero-order valence-electron chi connectivity index (χ0n) is 10.7. The molecule has 0 unspecified atom stereocenters. The van der Waals surface area contributed by atoms with E-state index in [1.807, 2.05) is 39.0 Å². The van der Waals surface area contributed by atoms with Crippen LogP contribution in [0, 0.1) is 32.1 Å². The van der Waals surface area contributed by atoms with Crippen LogP contribution >= 0.6 is 11.3 Å². The van der Waals surface area contributed by atoms with Crippen molar-refractivity contribution < 1.29 is 0 Å². The Morgan fingerprint density at radius 3 is 2.72 bits per heavy atom. The first kappa shape index (κ1) is 12.6. The van der Waals surface area contributed by atoms with Crippen LogP contribution in [0.15, 0.2) is 18.2 Å². The molecule has 92 valence electrons. The van der Waals surface area contributed by atoms with E-state index in [1.165, 1.54) is 4.88 Å². The van der Waals surface area contributed by atoms with Crippen LogP contribution in [0.25, 0.3) is 0 Å². The Bertz CT molecular complexity index is 608. The number of benzene rings is 1. The molecule has 3 nitrogen and oxygen atoms in total. The van der Waals surface area contributed by atoms with E-state index in [0.29, 0.717) is 5.56 Å². The van der Waals surface area contributed by atoms with Gasteiger partial charge in [0.2, 0.25) is 0 Å². The van der Waals surface area contributed by atoms with Crippen molar-refractivity contribution in [1.82, 2.24) is 4.98 Å². The van der Waals surface area contributed by atoms with Crippen molar-refractivity contribution in [1.29, 1.82) is 5.26 Å². The standard InChI is InChI=1S/C14H15N3S/c1-9-4-5-12(7-15)6-13(9)16-8-14-10(2)17-11(3)18-14/h4-6,16H,8H2,1-3H3. The summed E-state index contributed by atoms with van der Waals surface area (Å²) in [5, 5.41) is 13.4. The number of hydrogen-bond donors (Lipinski definition) is 1. The number of nitrogens with one attached hydrogen (secondary N) is 1. The predicted octanol–water partition coefficient (Wildman–Crippen LogP) is 3.55. The van der Waals surface area contributed by atoms with Crippen LogP contribution in [0.3, 0.4) is 0 Å². The lowest BCUT2D eigenvalue weighted by atomic mass is 10.1. The fourth-order valence-corrected chi connectivity index (χ4v) is 2.67. The first-order chi connectivity index (χ1) is 8.60. The zero-order valence-corrected chi connectivity index (χ0v) is 11.6. The molecule has 1 aromatic heterocycles. The molecule has 4 heteroatoms. The Morgan fingerprint density at radius 2 is 2.11 bits per heavy atom. The van der Waals surface area contributed by atoms with E-state index < -0.39 is 0 Å². The molecule has 0 saturated heterocycles. The Hall–Kier alpha value is -1.86. The van der Waals surface area contributed by atoms with E-state index >= 15 is 0 Å². The van der Waals surface area contributed by atoms with E-state index in [-0.39, 0.29) is 0 Å². The number of rotatable bonds is 3. The van der Waals surface area contributed by atoms with Crippen LogP contribution in [0.1, 0.15) is 26.7 Å². The van der Waals surface area contributed by atoms with Gasteiger partial charge in [0.25, 0.3) is 0 Å². The van der Waals surface area contributed by atoms with Crippen molar-refractivity contribution in [2.24, 2.45) is 0 Å². The van der Waals surface area contributed by atoms with Crippen LogP contribution in [0.2, 0.25) is 0 Å². The van der Waals surface area contributed by atoms with Crippen molar-refractivity contribution in [3.8, 4) is 6.07 Å². The molecule has 0 radical (unpaired) electrons. The molecule has 0 bridgehead atoms. The van der Waals surface area contributed by atoms with Gasteiger partial charge < -0.3 is 5.32 Å². The van der Waals surface area contributed by atoms with Gasteiger partial charge in [-0.05, 0) is 38.5 Å². The van der Waals surface area contributed by atoms with Gasteiger partial charge in [-0.25, -0.2) is 4.98 Å². The molecule has 2 rings (SSSR count). The molecule has 0 fully saturated rings. The van der Waals surface area contributed by atoms with Gasteiger partial charge in [-0.1, -0.05) is 6.07 Å². The third-order valence-electron chi connectivity index (χ3n) is 2.81. The fraction of sp³-hybridized carbons (Fsp3) is 0.286. The molecule has 0 spiro atoms. The van der Waals surface area contributed by atoms with Gasteiger partial charge >= 0.3 is 0 Å². The van der Waals surface area contributed by atoms with Gasteiger partial charge in [0.05, 0.1) is 28.9 Å². The molecule has 0 aliphatic heterocycles. The summed E-state index contributed by atoms with van der Waals surface area (Å²) in [7, 11) is 0. The monoisotopic (exact) mass is 257 g/mol. The summed E-state index contributed by atoms with van der Waals surface area (Å²) in [4.78, 5) is 5.65. The average molecular weight is 257 g/mol. The lowest BCUT2D eigenvalue weighted by Gasteiger charge is -2.09. The second-order valence-corrected chi connectivity index (χ2v) is 5.52. The summed E-state index contributed by atoms with van der Waals surface area (Å²) in [6.45, 7) is 6.84. The minimum atomic E-state index is 0.681.